The lowest BCUT2D eigenvalue weighted by molar-refractivity contribution is -0.150. The lowest BCUT2D eigenvalue weighted by Gasteiger charge is -2.41. The Balaban J connectivity index is 1.67. The summed E-state index contributed by atoms with van der Waals surface area (Å²) in [5.74, 6) is -0.251. The summed E-state index contributed by atoms with van der Waals surface area (Å²) < 4.78 is 0. The number of amides is 1. The fraction of sp³-hybridized carbons (Fsp3) is 0.467. The highest BCUT2D eigenvalue weighted by molar-refractivity contribution is 7.99. The average molecular weight is 328 g/mol. The van der Waals surface area contributed by atoms with Crippen LogP contribution < -0.4 is 0 Å². The maximum atomic E-state index is 12.0. The summed E-state index contributed by atoms with van der Waals surface area (Å²) in [7, 11) is 0. The van der Waals surface area contributed by atoms with E-state index >= 15 is 0 Å². The van der Waals surface area contributed by atoms with E-state index in [1.54, 1.807) is 23.6 Å². The van der Waals surface area contributed by atoms with Gasteiger partial charge < -0.3 is 10.0 Å². The van der Waals surface area contributed by atoms with E-state index in [4.69, 9.17) is 16.7 Å². The Morgan fingerprint density at radius 2 is 2.00 bits per heavy atom. The maximum absolute atomic E-state index is 12.0. The molecule has 4 nitrogen and oxygen atoms in total. The van der Waals surface area contributed by atoms with E-state index in [1.807, 2.05) is 24.3 Å². The molecule has 6 heteroatoms. The monoisotopic (exact) mass is 327 g/mol. The molecule has 21 heavy (non-hydrogen) atoms. The van der Waals surface area contributed by atoms with Crippen molar-refractivity contribution >= 4 is 35.2 Å². The quantitative estimate of drug-likeness (QED) is 0.816. The molecule has 1 amide bonds. The molecule has 0 saturated carbocycles. The third-order valence-corrected chi connectivity index (χ3v) is 5.02. The minimum atomic E-state index is -0.787. The van der Waals surface area contributed by atoms with E-state index in [2.05, 4.69) is 0 Å². The van der Waals surface area contributed by atoms with Crippen LogP contribution in [0.25, 0.3) is 0 Å². The predicted molar refractivity (Wildman–Crippen MR) is 83.7 cm³/mol. The minimum Gasteiger partial charge on any atom is -0.481 e. The number of halogens is 1. The van der Waals surface area contributed by atoms with Crippen LogP contribution in [0.5, 0.6) is 0 Å². The van der Waals surface area contributed by atoms with E-state index in [0.717, 1.165) is 10.6 Å². The summed E-state index contributed by atoms with van der Waals surface area (Å²) in [6, 6.07) is 7.54. The molecule has 1 aromatic carbocycles. The number of aliphatic carboxylic acids is 1. The van der Waals surface area contributed by atoms with Gasteiger partial charge in [0.1, 0.15) is 0 Å². The Bertz CT molecular complexity index is 514. The molecule has 1 fully saturated rings. The standard InChI is InChI=1S/C15H18ClNO3S/c1-10(15(19)20)11-8-17(9-11)14(18)6-7-21-13-4-2-12(16)3-5-13/h2-5,10-11H,6-9H2,1H3,(H,19,20). The second-order valence-corrected chi connectivity index (χ2v) is 6.84. The number of carboxylic acids is 1. The Hall–Kier alpha value is -1.20. The topological polar surface area (TPSA) is 57.6 Å². The minimum absolute atomic E-state index is 0.0929. The predicted octanol–water partition coefficient (Wildman–Crippen LogP) is 3.00. The molecular weight excluding hydrogens is 310 g/mol. The van der Waals surface area contributed by atoms with Gasteiger partial charge >= 0.3 is 5.97 Å². The zero-order chi connectivity index (χ0) is 15.4. The number of nitrogens with zero attached hydrogens (tertiary/aromatic N) is 1. The summed E-state index contributed by atoms with van der Waals surface area (Å²) in [5.41, 5.74) is 0. The zero-order valence-corrected chi connectivity index (χ0v) is 13.4. The van der Waals surface area contributed by atoms with Gasteiger partial charge in [-0.2, -0.15) is 0 Å². The van der Waals surface area contributed by atoms with E-state index < -0.39 is 5.97 Å². The number of thioether (sulfide) groups is 1. The second-order valence-electron chi connectivity index (χ2n) is 5.24. The SMILES string of the molecule is CC(C(=O)O)C1CN(C(=O)CCSc2ccc(Cl)cc2)C1. The molecule has 1 heterocycles. The number of hydrogen-bond acceptors (Lipinski definition) is 3. The van der Waals surface area contributed by atoms with Gasteiger partial charge in [0.15, 0.2) is 0 Å². The molecule has 0 aromatic heterocycles. The zero-order valence-electron chi connectivity index (χ0n) is 11.8. The van der Waals surface area contributed by atoms with E-state index in [0.29, 0.717) is 24.5 Å². The van der Waals surface area contributed by atoms with Crippen molar-refractivity contribution in [1.82, 2.24) is 4.90 Å². The van der Waals surface area contributed by atoms with Crippen LogP contribution in [0.15, 0.2) is 29.2 Å². The average Bonchev–Trinajstić information content (AvgIpc) is 2.39. The largest absolute Gasteiger partial charge is 0.481 e. The number of rotatable bonds is 6. The Kier molecular flexibility index (Phi) is 5.53. The van der Waals surface area contributed by atoms with Crippen molar-refractivity contribution < 1.29 is 14.7 Å². The van der Waals surface area contributed by atoms with Gasteiger partial charge in [-0.25, -0.2) is 0 Å². The van der Waals surface area contributed by atoms with Crippen molar-refractivity contribution in [2.24, 2.45) is 11.8 Å². The highest BCUT2D eigenvalue weighted by Gasteiger charge is 2.36. The van der Waals surface area contributed by atoms with Crippen molar-refractivity contribution in [2.75, 3.05) is 18.8 Å². The third kappa shape index (κ3) is 4.38. The summed E-state index contributed by atoms with van der Waals surface area (Å²) in [6.45, 7) is 2.83. The lowest BCUT2D eigenvalue weighted by Crippen LogP contribution is -2.53. The van der Waals surface area contributed by atoms with Crippen LogP contribution >= 0.6 is 23.4 Å². The first kappa shape index (κ1) is 16.2. The Morgan fingerprint density at radius 1 is 1.38 bits per heavy atom. The van der Waals surface area contributed by atoms with Crippen molar-refractivity contribution in [3.63, 3.8) is 0 Å². The Morgan fingerprint density at radius 3 is 2.57 bits per heavy atom. The molecule has 0 spiro atoms. The molecule has 1 aromatic rings. The lowest BCUT2D eigenvalue weighted by atomic mass is 9.87. The summed E-state index contributed by atoms with van der Waals surface area (Å²) in [5, 5.41) is 9.62. The van der Waals surface area contributed by atoms with E-state index in [9.17, 15) is 9.59 Å². The van der Waals surface area contributed by atoms with Crippen LogP contribution in [0.1, 0.15) is 13.3 Å². The first-order valence-electron chi connectivity index (χ1n) is 6.86. The fourth-order valence-corrected chi connectivity index (χ4v) is 3.15. The van der Waals surface area contributed by atoms with Crippen LogP contribution in [-0.2, 0) is 9.59 Å². The highest BCUT2D eigenvalue weighted by Crippen LogP contribution is 2.26. The van der Waals surface area contributed by atoms with Crippen LogP contribution in [0.4, 0.5) is 0 Å². The molecule has 0 bridgehead atoms. The van der Waals surface area contributed by atoms with Crippen LogP contribution in [0.3, 0.4) is 0 Å². The van der Waals surface area contributed by atoms with E-state index in [-0.39, 0.29) is 17.7 Å². The molecule has 1 atom stereocenters. The molecule has 2 rings (SSSR count). The number of hydrogen-bond donors (Lipinski definition) is 1. The molecule has 1 aliphatic heterocycles. The van der Waals surface area contributed by atoms with Crippen molar-refractivity contribution in [3.05, 3.63) is 29.3 Å². The first-order chi connectivity index (χ1) is 9.97. The van der Waals surface area contributed by atoms with Crippen LogP contribution in [0.2, 0.25) is 5.02 Å². The Labute approximate surface area is 133 Å². The third-order valence-electron chi connectivity index (χ3n) is 3.76. The molecular formula is C15H18ClNO3S. The van der Waals surface area contributed by atoms with Gasteiger partial charge in [0.2, 0.25) is 5.91 Å². The van der Waals surface area contributed by atoms with Gasteiger partial charge in [0.05, 0.1) is 5.92 Å². The number of carbonyl (C=O) groups is 2. The number of carbonyl (C=O) groups excluding carboxylic acids is 1. The van der Waals surface area contributed by atoms with Crippen molar-refractivity contribution in [2.45, 2.75) is 18.2 Å². The normalized spacial score (nSPS) is 16.4. The fourth-order valence-electron chi connectivity index (χ4n) is 2.18. The number of benzene rings is 1. The van der Waals surface area contributed by atoms with Crippen molar-refractivity contribution in [3.8, 4) is 0 Å². The molecule has 1 unspecified atom stereocenters. The smallest absolute Gasteiger partial charge is 0.306 e. The van der Waals surface area contributed by atoms with Crippen LogP contribution in [0, 0.1) is 11.8 Å². The van der Waals surface area contributed by atoms with Gasteiger partial charge in [-0.15, -0.1) is 11.8 Å². The van der Waals surface area contributed by atoms with Crippen LogP contribution in [-0.4, -0.2) is 40.7 Å². The first-order valence-corrected chi connectivity index (χ1v) is 8.22. The van der Waals surface area contributed by atoms with Gasteiger partial charge in [-0.1, -0.05) is 18.5 Å². The summed E-state index contributed by atoms with van der Waals surface area (Å²) in [6.07, 6.45) is 0.474. The number of carboxylic acid groups (broad SMARTS) is 1. The summed E-state index contributed by atoms with van der Waals surface area (Å²) in [4.78, 5) is 25.6. The molecule has 114 valence electrons. The molecule has 0 radical (unpaired) electrons. The molecule has 1 aliphatic rings. The van der Waals surface area contributed by atoms with Gasteiger partial charge in [0, 0.05) is 41.1 Å². The van der Waals surface area contributed by atoms with Gasteiger partial charge in [0.25, 0.3) is 0 Å². The maximum Gasteiger partial charge on any atom is 0.306 e. The van der Waals surface area contributed by atoms with Gasteiger partial charge in [-0.05, 0) is 24.3 Å². The van der Waals surface area contributed by atoms with E-state index in [1.165, 1.54) is 0 Å². The van der Waals surface area contributed by atoms with Gasteiger partial charge in [-0.3, -0.25) is 9.59 Å². The number of likely N-dealkylation sites (tertiary alicyclic amines) is 1. The molecule has 1 saturated heterocycles. The summed E-state index contributed by atoms with van der Waals surface area (Å²) >= 11 is 7.43. The molecule has 0 aliphatic carbocycles. The molecule has 1 N–H and O–H groups in total. The second kappa shape index (κ2) is 7.18. The highest BCUT2D eigenvalue weighted by atomic mass is 35.5. The van der Waals surface area contributed by atoms with Crippen molar-refractivity contribution in [1.29, 1.82) is 0 Å².